The van der Waals surface area contributed by atoms with Gasteiger partial charge in [0.15, 0.2) is 0 Å². The molecule has 0 heterocycles. The quantitative estimate of drug-likeness (QED) is 0.588. The molecule has 0 aromatic heterocycles. The monoisotopic (exact) mass is 190 g/mol. The molecule has 0 radical (unpaired) electrons. The summed E-state index contributed by atoms with van der Waals surface area (Å²) in [6.45, 7) is 9.05. The molecule has 0 spiro atoms. The predicted molar refractivity (Wildman–Crippen MR) is 59.9 cm³/mol. The van der Waals surface area contributed by atoms with Crippen LogP contribution in [0.3, 0.4) is 0 Å². The summed E-state index contributed by atoms with van der Waals surface area (Å²) in [6, 6.07) is 0. The van der Waals surface area contributed by atoms with Gasteiger partial charge in [0.05, 0.1) is 0 Å². The molecule has 0 N–H and O–H groups in total. The van der Waals surface area contributed by atoms with Crippen molar-refractivity contribution in [2.45, 2.75) is 32.4 Å². The van der Waals surface area contributed by atoms with Crippen molar-refractivity contribution in [3.05, 3.63) is 11.2 Å². The number of hydrogen-bond acceptors (Lipinski definition) is 1. The lowest BCUT2D eigenvalue weighted by atomic mass is 10.6. The molecule has 1 unspecified atom stereocenters. The zero-order valence-corrected chi connectivity index (χ0v) is 9.71. The highest BCUT2D eigenvalue weighted by atomic mass is 32.2. The molecule has 0 saturated carbocycles. The van der Waals surface area contributed by atoms with Gasteiger partial charge in [-0.05, 0) is 18.2 Å². The maximum Gasteiger partial charge on any atom is 0.00318 e. The Bertz CT molecular complexity index is 110. The first-order valence-corrected chi connectivity index (χ1v) is 7.17. The lowest BCUT2D eigenvalue weighted by Crippen LogP contribution is -1.80. The summed E-state index contributed by atoms with van der Waals surface area (Å²) in [4.78, 5) is 0. The minimum absolute atomic E-state index is 0.187. The van der Waals surface area contributed by atoms with Gasteiger partial charge in [-0.1, -0.05) is 40.9 Å². The molecule has 1 atom stereocenters. The maximum absolute atomic E-state index is 2.38. The van der Waals surface area contributed by atoms with E-state index < -0.39 is 0 Å². The van der Waals surface area contributed by atoms with Crippen molar-refractivity contribution in [1.29, 1.82) is 0 Å². The molecular weight excluding hydrogens is 171 g/mol. The second-order valence-electron chi connectivity index (χ2n) is 2.95. The average Bonchev–Trinajstić information content (AvgIpc) is 1.87. The Kier molecular flexibility index (Phi) is 7.52. The van der Waals surface area contributed by atoms with Crippen LogP contribution < -0.4 is 0 Å². The molecule has 0 saturated heterocycles. The molecule has 0 amide bonds. The normalized spacial score (nSPS) is 14.6. The van der Waals surface area contributed by atoms with Crippen molar-refractivity contribution >= 4 is 19.7 Å². The van der Waals surface area contributed by atoms with Gasteiger partial charge in [0, 0.05) is 5.25 Å². The van der Waals surface area contributed by atoms with E-state index in [4.69, 9.17) is 0 Å². The molecule has 0 nitrogen and oxygen atoms in total. The van der Waals surface area contributed by atoms with Crippen LogP contribution in [0.15, 0.2) is 11.2 Å². The fraction of sp³-hybridized carbons (Fsp3) is 0.778. The van der Waals surface area contributed by atoms with E-state index in [9.17, 15) is 0 Å². The van der Waals surface area contributed by atoms with Crippen LogP contribution in [0.25, 0.3) is 0 Å². The topological polar surface area (TPSA) is 0 Å². The van der Waals surface area contributed by atoms with E-state index in [0.717, 1.165) is 5.25 Å². The van der Waals surface area contributed by atoms with Gasteiger partial charge in [-0.25, -0.2) is 0 Å². The summed E-state index contributed by atoms with van der Waals surface area (Å²) in [5.74, 6) is 2.38. The third kappa shape index (κ3) is 8.43. The van der Waals surface area contributed by atoms with E-state index in [1.54, 1.807) is 0 Å². The first-order valence-electron chi connectivity index (χ1n) is 4.19. The zero-order chi connectivity index (χ0) is 8.69. The highest BCUT2D eigenvalue weighted by Gasteiger charge is 1.93. The predicted octanol–water partition coefficient (Wildman–Crippen LogP) is 4.12. The smallest absolute Gasteiger partial charge is 0.00318 e. The Hall–Kier alpha value is 0.520. The average molecular weight is 190 g/mol. The first kappa shape index (κ1) is 11.5. The Morgan fingerprint density at radius 1 is 1.45 bits per heavy atom. The van der Waals surface area contributed by atoms with Crippen LogP contribution in [0.4, 0.5) is 0 Å². The summed E-state index contributed by atoms with van der Waals surface area (Å²) in [5.41, 5.74) is 0. The molecule has 0 aliphatic heterocycles. The van der Waals surface area contributed by atoms with E-state index in [1.807, 2.05) is 11.8 Å². The van der Waals surface area contributed by atoms with Crippen molar-refractivity contribution in [1.82, 2.24) is 0 Å². The molecule has 66 valence electrons. The van der Waals surface area contributed by atoms with Gasteiger partial charge in [0.1, 0.15) is 0 Å². The molecule has 0 rings (SSSR count). The lowest BCUT2D eigenvalue weighted by molar-refractivity contribution is 1.10. The Labute approximate surface area is 76.6 Å². The van der Waals surface area contributed by atoms with Gasteiger partial charge in [-0.3, -0.25) is 0 Å². The molecular formula is C9H19PS. The van der Waals surface area contributed by atoms with Gasteiger partial charge in [-0.2, -0.15) is 0 Å². The molecule has 0 aromatic carbocycles. The summed E-state index contributed by atoms with van der Waals surface area (Å²) in [5, 5.41) is 3.00. The van der Waals surface area contributed by atoms with E-state index in [1.165, 1.54) is 12.6 Å². The highest BCUT2D eigenvalue weighted by Crippen LogP contribution is 2.34. The number of thioether (sulfide) groups is 1. The van der Waals surface area contributed by atoms with Crippen LogP contribution in [-0.2, 0) is 0 Å². The second kappa shape index (κ2) is 7.18. The molecule has 2 heteroatoms. The molecule has 0 aromatic rings. The van der Waals surface area contributed by atoms with Gasteiger partial charge in [0.2, 0.25) is 0 Å². The van der Waals surface area contributed by atoms with E-state index >= 15 is 0 Å². The molecule has 0 aliphatic carbocycles. The van der Waals surface area contributed by atoms with Crippen LogP contribution >= 0.6 is 19.7 Å². The van der Waals surface area contributed by atoms with Crippen LogP contribution in [0.5, 0.6) is 0 Å². The summed E-state index contributed by atoms with van der Waals surface area (Å²) >= 11 is 1.92. The van der Waals surface area contributed by atoms with Gasteiger partial charge < -0.3 is 0 Å². The van der Waals surface area contributed by atoms with Gasteiger partial charge in [-0.15, -0.1) is 11.8 Å². The fourth-order valence-corrected chi connectivity index (χ4v) is 3.00. The molecule has 0 fully saturated rings. The third-order valence-electron chi connectivity index (χ3n) is 1.24. The SMILES string of the molecule is CCCP(C)/C=C/SC(C)C. The van der Waals surface area contributed by atoms with Crippen molar-refractivity contribution in [3.63, 3.8) is 0 Å². The van der Waals surface area contributed by atoms with Crippen molar-refractivity contribution < 1.29 is 0 Å². The van der Waals surface area contributed by atoms with Crippen LogP contribution in [0.1, 0.15) is 27.2 Å². The van der Waals surface area contributed by atoms with Crippen LogP contribution in [-0.4, -0.2) is 18.1 Å². The third-order valence-corrected chi connectivity index (χ3v) is 4.09. The zero-order valence-electron chi connectivity index (χ0n) is 8.00. The Morgan fingerprint density at radius 3 is 2.55 bits per heavy atom. The minimum Gasteiger partial charge on any atom is -0.131 e. The van der Waals surface area contributed by atoms with Gasteiger partial charge in [0.25, 0.3) is 0 Å². The summed E-state index contributed by atoms with van der Waals surface area (Å²) in [6.07, 6.45) is 2.70. The maximum atomic E-state index is 2.38. The fourth-order valence-electron chi connectivity index (χ4n) is 0.723. The van der Waals surface area contributed by atoms with Crippen LogP contribution in [0, 0.1) is 0 Å². The van der Waals surface area contributed by atoms with Gasteiger partial charge >= 0.3 is 0 Å². The molecule has 11 heavy (non-hydrogen) atoms. The first-order chi connectivity index (χ1) is 5.16. The molecule has 0 aliphatic rings. The van der Waals surface area contributed by atoms with Crippen LogP contribution in [0.2, 0.25) is 0 Å². The van der Waals surface area contributed by atoms with Crippen molar-refractivity contribution in [2.24, 2.45) is 0 Å². The number of rotatable bonds is 5. The summed E-state index contributed by atoms with van der Waals surface area (Å²) < 4.78 is 0. The largest absolute Gasteiger partial charge is 0.131 e. The standard InChI is InChI=1S/C9H19PS/c1-5-6-10(4)7-8-11-9(2)3/h7-9H,5-6H2,1-4H3/b8-7+. The minimum atomic E-state index is 0.187. The summed E-state index contributed by atoms with van der Waals surface area (Å²) in [7, 11) is 0.187. The van der Waals surface area contributed by atoms with E-state index in [-0.39, 0.29) is 7.92 Å². The van der Waals surface area contributed by atoms with E-state index in [0.29, 0.717) is 0 Å². The lowest BCUT2D eigenvalue weighted by Gasteiger charge is -2.03. The van der Waals surface area contributed by atoms with Crippen molar-refractivity contribution in [2.75, 3.05) is 12.8 Å². The van der Waals surface area contributed by atoms with Crippen molar-refractivity contribution in [3.8, 4) is 0 Å². The Balaban J connectivity index is 3.39. The number of hydrogen-bond donors (Lipinski definition) is 0. The highest BCUT2D eigenvalue weighted by molar-refractivity contribution is 8.02. The molecule has 0 bridgehead atoms. The van der Waals surface area contributed by atoms with E-state index in [2.05, 4.69) is 38.7 Å². The second-order valence-corrected chi connectivity index (χ2v) is 6.70. The Morgan fingerprint density at radius 2 is 2.09 bits per heavy atom.